The first-order valence-electron chi connectivity index (χ1n) is 9.69. The van der Waals surface area contributed by atoms with Crippen molar-refractivity contribution in [3.8, 4) is 11.5 Å². The van der Waals surface area contributed by atoms with Crippen molar-refractivity contribution >= 4 is 23.4 Å². The average molecular weight is 427 g/mol. The molecule has 0 saturated heterocycles. The zero-order valence-corrected chi connectivity index (χ0v) is 18.5. The highest BCUT2D eigenvalue weighted by molar-refractivity contribution is 7.99. The van der Waals surface area contributed by atoms with E-state index in [1.165, 1.54) is 11.8 Å². The van der Waals surface area contributed by atoms with Crippen LogP contribution in [0.5, 0.6) is 11.5 Å². The van der Waals surface area contributed by atoms with Crippen molar-refractivity contribution in [2.24, 2.45) is 0 Å². The van der Waals surface area contributed by atoms with Gasteiger partial charge in [0.15, 0.2) is 22.5 Å². The van der Waals surface area contributed by atoms with E-state index in [1.54, 1.807) is 7.11 Å². The zero-order valence-electron chi connectivity index (χ0n) is 17.6. The molecule has 0 bridgehead atoms. The number of nitrogens with zero attached hydrogens (tertiary/aromatic N) is 3. The zero-order chi connectivity index (χ0) is 21.5. The Morgan fingerprint density at radius 1 is 1.07 bits per heavy atom. The highest BCUT2D eigenvalue weighted by Gasteiger charge is 2.15. The second kappa shape index (κ2) is 10.2. The molecule has 0 aliphatic heterocycles. The van der Waals surface area contributed by atoms with Crippen LogP contribution < -0.4 is 14.8 Å². The lowest BCUT2D eigenvalue weighted by molar-refractivity contribution is -0.113. The lowest BCUT2D eigenvalue weighted by Gasteiger charge is -2.12. The van der Waals surface area contributed by atoms with Crippen molar-refractivity contribution in [1.82, 2.24) is 14.8 Å². The number of aromatic nitrogens is 3. The Morgan fingerprint density at radius 2 is 1.80 bits per heavy atom. The van der Waals surface area contributed by atoms with E-state index in [0.717, 1.165) is 16.8 Å². The molecule has 2 aromatic carbocycles. The molecule has 0 fully saturated rings. The minimum absolute atomic E-state index is 0.0864. The van der Waals surface area contributed by atoms with Gasteiger partial charge in [-0.25, -0.2) is 0 Å². The van der Waals surface area contributed by atoms with Gasteiger partial charge in [0.25, 0.3) is 0 Å². The van der Waals surface area contributed by atoms with E-state index in [4.69, 9.17) is 9.47 Å². The molecule has 8 heteroatoms. The quantitative estimate of drug-likeness (QED) is 0.516. The molecular formula is C22H26N4O3S. The number of methoxy groups -OCH3 is 1. The van der Waals surface area contributed by atoms with Gasteiger partial charge in [-0.15, -0.1) is 10.2 Å². The second-order valence-electron chi connectivity index (χ2n) is 6.79. The van der Waals surface area contributed by atoms with Crippen molar-refractivity contribution in [3.05, 3.63) is 59.4 Å². The molecule has 1 aromatic heterocycles. The molecule has 1 amide bonds. The van der Waals surface area contributed by atoms with Crippen molar-refractivity contribution in [2.75, 3.05) is 18.2 Å². The largest absolute Gasteiger partial charge is 0.493 e. The normalized spacial score (nSPS) is 10.7. The number of ether oxygens (including phenoxy) is 2. The van der Waals surface area contributed by atoms with Crippen LogP contribution >= 0.6 is 11.8 Å². The first kappa shape index (κ1) is 21.7. The summed E-state index contributed by atoms with van der Waals surface area (Å²) in [6.07, 6.45) is 0. The van der Waals surface area contributed by atoms with E-state index < -0.39 is 0 Å². The maximum absolute atomic E-state index is 12.3. The summed E-state index contributed by atoms with van der Waals surface area (Å²) in [5.74, 6) is 2.19. The number of hydrogen-bond acceptors (Lipinski definition) is 6. The Morgan fingerprint density at radius 3 is 2.50 bits per heavy atom. The van der Waals surface area contributed by atoms with Gasteiger partial charge in [0, 0.05) is 12.2 Å². The third-order valence-electron chi connectivity index (χ3n) is 4.45. The highest BCUT2D eigenvalue weighted by Crippen LogP contribution is 2.28. The summed E-state index contributed by atoms with van der Waals surface area (Å²) in [7, 11) is 1.62. The monoisotopic (exact) mass is 426 g/mol. The molecule has 158 valence electrons. The van der Waals surface area contributed by atoms with Crippen LogP contribution in [0.3, 0.4) is 0 Å². The van der Waals surface area contributed by atoms with Crippen LogP contribution in [0.1, 0.15) is 23.9 Å². The van der Waals surface area contributed by atoms with Gasteiger partial charge in [0.2, 0.25) is 5.91 Å². The molecule has 0 radical (unpaired) electrons. The van der Waals surface area contributed by atoms with Crippen LogP contribution in [-0.4, -0.2) is 33.5 Å². The molecule has 30 heavy (non-hydrogen) atoms. The molecule has 0 spiro atoms. The van der Waals surface area contributed by atoms with Crippen molar-refractivity contribution in [2.45, 2.75) is 39.1 Å². The predicted molar refractivity (Wildman–Crippen MR) is 118 cm³/mol. The van der Waals surface area contributed by atoms with Crippen LogP contribution in [0.2, 0.25) is 0 Å². The van der Waals surface area contributed by atoms with Crippen molar-refractivity contribution in [3.63, 3.8) is 0 Å². The Labute approximate surface area is 180 Å². The van der Waals surface area contributed by atoms with E-state index in [9.17, 15) is 4.79 Å². The number of thioether (sulfide) groups is 1. The van der Waals surface area contributed by atoms with Crippen molar-refractivity contribution < 1.29 is 14.3 Å². The maximum atomic E-state index is 12.3. The first-order valence-corrected chi connectivity index (χ1v) is 10.7. The molecule has 0 aliphatic carbocycles. The lowest BCUT2D eigenvalue weighted by atomic mass is 10.2. The molecule has 7 nitrogen and oxygen atoms in total. The molecule has 0 saturated carbocycles. The number of carbonyl (C=O) groups excluding carboxylic acids is 1. The topological polar surface area (TPSA) is 78.3 Å². The van der Waals surface area contributed by atoms with E-state index in [-0.39, 0.29) is 18.3 Å². The fourth-order valence-corrected chi connectivity index (χ4v) is 3.67. The number of benzene rings is 2. The Balaban J connectivity index is 1.60. The molecule has 0 unspecified atom stereocenters. The van der Waals surface area contributed by atoms with Gasteiger partial charge in [-0.1, -0.05) is 35.5 Å². The summed E-state index contributed by atoms with van der Waals surface area (Å²) in [6.45, 7) is 6.96. The van der Waals surface area contributed by atoms with Gasteiger partial charge in [-0.2, -0.15) is 0 Å². The number of carbonyl (C=O) groups is 1. The molecule has 0 atom stereocenters. The number of rotatable bonds is 9. The van der Waals surface area contributed by atoms with Gasteiger partial charge in [-0.05, 0) is 50.6 Å². The van der Waals surface area contributed by atoms with Gasteiger partial charge >= 0.3 is 0 Å². The minimum Gasteiger partial charge on any atom is -0.493 e. The molecule has 0 aliphatic rings. The van der Waals surface area contributed by atoms with Crippen LogP contribution in [0.25, 0.3) is 0 Å². The fraction of sp³-hybridized carbons (Fsp3) is 0.318. The van der Waals surface area contributed by atoms with E-state index >= 15 is 0 Å². The van der Waals surface area contributed by atoms with E-state index in [1.807, 2.05) is 67.8 Å². The van der Waals surface area contributed by atoms with Gasteiger partial charge in [0.1, 0.15) is 6.61 Å². The number of amides is 1. The summed E-state index contributed by atoms with van der Waals surface area (Å²) in [5, 5.41) is 12.1. The van der Waals surface area contributed by atoms with Gasteiger partial charge in [0.05, 0.1) is 12.9 Å². The van der Waals surface area contributed by atoms with Crippen LogP contribution in [0, 0.1) is 13.8 Å². The number of anilines is 1. The van der Waals surface area contributed by atoms with Crippen molar-refractivity contribution in [1.29, 1.82) is 0 Å². The standard InChI is InChI=1S/C22H26N4O3S/c1-5-26-20(13-29-18-11-8-16(3)12-19(18)28-4)24-25-22(26)30-14-21(27)23-17-9-6-15(2)7-10-17/h6-12H,5,13-14H2,1-4H3,(H,23,27). The summed E-state index contributed by atoms with van der Waals surface area (Å²) < 4.78 is 13.2. The Kier molecular flexibility index (Phi) is 7.35. The lowest BCUT2D eigenvalue weighted by Crippen LogP contribution is -2.15. The molecule has 1 heterocycles. The Hall–Kier alpha value is -3.00. The summed E-state index contributed by atoms with van der Waals surface area (Å²) in [4.78, 5) is 12.3. The maximum Gasteiger partial charge on any atom is 0.234 e. The SMILES string of the molecule is CCn1c(COc2ccc(C)cc2OC)nnc1SCC(=O)Nc1ccc(C)cc1. The van der Waals surface area contributed by atoms with Gasteiger partial charge in [-0.3, -0.25) is 4.79 Å². The third-order valence-corrected chi connectivity index (χ3v) is 5.42. The van der Waals surface area contributed by atoms with Crippen LogP contribution in [0.15, 0.2) is 47.6 Å². The predicted octanol–water partition coefficient (Wildman–Crippen LogP) is 4.23. The third kappa shape index (κ3) is 5.54. The highest BCUT2D eigenvalue weighted by atomic mass is 32.2. The molecule has 3 aromatic rings. The first-order chi connectivity index (χ1) is 14.5. The smallest absolute Gasteiger partial charge is 0.234 e. The Bertz CT molecular complexity index is 1000. The number of hydrogen-bond donors (Lipinski definition) is 1. The van der Waals surface area contributed by atoms with Crippen LogP contribution in [-0.2, 0) is 17.9 Å². The number of nitrogens with one attached hydrogen (secondary N) is 1. The average Bonchev–Trinajstić information content (AvgIpc) is 3.14. The van der Waals surface area contributed by atoms with Gasteiger partial charge < -0.3 is 19.4 Å². The van der Waals surface area contributed by atoms with Crippen LogP contribution in [0.4, 0.5) is 5.69 Å². The minimum atomic E-state index is -0.0864. The molecular weight excluding hydrogens is 400 g/mol. The number of aryl methyl sites for hydroxylation is 2. The molecule has 3 rings (SSSR count). The van der Waals surface area contributed by atoms with E-state index in [2.05, 4.69) is 15.5 Å². The van der Waals surface area contributed by atoms with E-state index in [0.29, 0.717) is 29.0 Å². The summed E-state index contributed by atoms with van der Waals surface area (Å²) >= 11 is 1.35. The fourth-order valence-electron chi connectivity index (χ4n) is 2.85. The molecule has 1 N–H and O–H groups in total. The summed E-state index contributed by atoms with van der Waals surface area (Å²) in [6, 6.07) is 13.5. The second-order valence-corrected chi connectivity index (χ2v) is 7.73. The summed E-state index contributed by atoms with van der Waals surface area (Å²) in [5.41, 5.74) is 3.03.